The van der Waals surface area contributed by atoms with Gasteiger partial charge in [0.2, 0.25) is 17.5 Å². The number of allylic oxidation sites excluding steroid dienone is 10. The van der Waals surface area contributed by atoms with Gasteiger partial charge < -0.3 is 44.2 Å². The molecule has 5 atom stereocenters. The fraction of sp³-hybridized carbons (Fsp3) is 0.366. The number of para-hydroxylation sites is 1. The van der Waals surface area contributed by atoms with Gasteiger partial charge in [0.15, 0.2) is 17.3 Å². The van der Waals surface area contributed by atoms with Gasteiger partial charge in [0.25, 0.3) is 0 Å². The molecule has 1 fully saturated rings. The Morgan fingerprint density at radius 1 is 0.788 bits per heavy atom. The molecular formula is C41H48O11. The fourth-order valence-electron chi connectivity index (χ4n) is 5.33. The zero-order chi connectivity index (χ0) is 37.3. The minimum absolute atomic E-state index is 0.114. The molecule has 11 heteroatoms. The van der Waals surface area contributed by atoms with Gasteiger partial charge in [-0.25, -0.2) is 0 Å². The molecule has 278 valence electrons. The number of aliphatic hydroxyl groups is 3. The molecule has 2 aromatic carbocycles. The van der Waals surface area contributed by atoms with E-state index in [1.807, 2.05) is 12.2 Å². The molecule has 3 aromatic rings. The smallest absolute Gasteiger partial charge is 0.305 e. The minimum atomic E-state index is -1.81. The lowest BCUT2D eigenvalue weighted by Crippen LogP contribution is -2.60. The van der Waals surface area contributed by atoms with Gasteiger partial charge in [0, 0.05) is 12.0 Å². The van der Waals surface area contributed by atoms with E-state index in [1.54, 1.807) is 18.2 Å². The Labute approximate surface area is 303 Å². The molecule has 4 rings (SSSR count). The van der Waals surface area contributed by atoms with Gasteiger partial charge in [0.05, 0.1) is 5.39 Å². The lowest BCUT2D eigenvalue weighted by atomic mass is 9.99. The number of hydrogen-bond donors (Lipinski definition) is 5. The van der Waals surface area contributed by atoms with E-state index in [1.165, 1.54) is 18.2 Å². The number of ether oxygens (including phenoxy) is 3. The third kappa shape index (κ3) is 11.5. The second-order valence-corrected chi connectivity index (χ2v) is 12.2. The van der Waals surface area contributed by atoms with Crippen LogP contribution < -0.4 is 10.2 Å². The summed E-state index contributed by atoms with van der Waals surface area (Å²) in [4.78, 5) is 26.0. The lowest BCUT2D eigenvalue weighted by molar-refractivity contribution is -0.278. The van der Waals surface area contributed by atoms with Crippen molar-refractivity contribution in [2.45, 2.75) is 89.0 Å². The summed E-state index contributed by atoms with van der Waals surface area (Å²) in [5, 5.41) is 51.9. The third-order valence-electron chi connectivity index (χ3n) is 8.21. The van der Waals surface area contributed by atoms with Crippen molar-refractivity contribution in [3.63, 3.8) is 0 Å². The molecule has 2 heterocycles. The quantitative estimate of drug-likeness (QED) is 0.0419. The summed E-state index contributed by atoms with van der Waals surface area (Å²) >= 11 is 0. The minimum Gasteiger partial charge on any atom is -0.504 e. The molecule has 0 saturated carbocycles. The van der Waals surface area contributed by atoms with Gasteiger partial charge >= 0.3 is 5.97 Å². The molecule has 1 aliphatic rings. The maximum absolute atomic E-state index is 13.6. The molecule has 0 radical (unpaired) electrons. The molecule has 1 aliphatic heterocycles. The van der Waals surface area contributed by atoms with Gasteiger partial charge in [-0.15, -0.1) is 0 Å². The van der Waals surface area contributed by atoms with Crippen molar-refractivity contribution in [3.8, 4) is 28.6 Å². The first-order valence-corrected chi connectivity index (χ1v) is 17.6. The molecule has 0 unspecified atom stereocenters. The number of carbonyl (C=O) groups excluding carboxylic acids is 1. The summed E-state index contributed by atoms with van der Waals surface area (Å²) in [5.41, 5.74) is -0.278. The fourth-order valence-corrected chi connectivity index (χ4v) is 5.33. The largest absolute Gasteiger partial charge is 0.504 e. The summed E-state index contributed by atoms with van der Waals surface area (Å²) in [5.74, 6) is -1.98. The Kier molecular flexibility index (Phi) is 15.9. The number of phenolic OH excluding ortho intramolecular Hbond substituents is 2. The first-order chi connectivity index (χ1) is 25.2. The van der Waals surface area contributed by atoms with Crippen molar-refractivity contribution in [2.24, 2.45) is 0 Å². The zero-order valence-corrected chi connectivity index (χ0v) is 29.3. The van der Waals surface area contributed by atoms with E-state index in [9.17, 15) is 35.1 Å². The molecule has 52 heavy (non-hydrogen) atoms. The van der Waals surface area contributed by atoms with Crippen LogP contribution in [0.15, 0.2) is 112 Å². The maximum Gasteiger partial charge on any atom is 0.305 e. The molecule has 11 nitrogen and oxygen atoms in total. The number of aliphatic hydroxyl groups excluding tert-OH is 3. The second-order valence-electron chi connectivity index (χ2n) is 12.2. The molecule has 0 spiro atoms. The molecule has 1 saturated heterocycles. The van der Waals surface area contributed by atoms with Crippen LogP contribution in [-0.4, -0.2) is 68.8 Å². The van der Waals surface area contributed by atoms with Crippen molar-refractivity contribution >= 4 is 16.9 Å². The van der Waals surface area contributed by atoms with Crippen molar-refractivity contribution in [3.05, 3.63) is 113 Å². The molecule has 0 bridgehead atoms. The topological polar surface area (TPSA) is 176 Å². The molecule has 0 aliphatic carbocycles. The highest BCUT2D eigenvalue weighted by Gasteiger charge is 2.46. The van der Waals surface area contributed by atoms with Crippen LogP contribution in [0.2, 0.25) is 0 Å². The normalized spacial score (nSPS) is 21.0. The average Bonchev–Trinajstić information content (AvgIpc) is 3.14. The van der Waals surface area contributed by atoms with Gasteiger partial charge in [-0.3, -0.25) is 9.59 Å². The first-order valence-electron chi connectivity index (χ1n) is 17.6. The van der Waals surface area contributed by atoms with Crippen LogP contribution in [0.25, 0.3) is 22.3 Å². The summed E-state index contributed by atoms with van der Waals surface area (Å²) in [6.45, 7) is 1.67. The van der Waals surface area contributed by atoms with E-state index in [0.717, 1.165) is 38.2 Å². The van der Waals surface area contributed by atoms with E-state index in [0.29, 0.717) is 12.8 Å². The molecule has 0 amide bonds. The number of esters is 1. The number of phenols is 2. The van der Waals surface area contributed by atoms with E-state index in [4.69, 9.17) is 18.6 Å². The summed E-state index contributed by atoms with van der Waals surface area (Å²) in [6.07, 6.45) is 18.9. The van der Waals surface area contributed by atoms with Crippen LogP contribution in [0.1, 0.15) is 58.3 Å². The summed E-state index contributed by atoms with van der Waals surface area (Å²) < 4.78 is 22.8. The number of hydrogen-bond acceptors (Lipinski definition) is 11. The number of unbranched alkanes of at least 4 members (excludes halogenated alkanes) is 1. The van der Waals surface area contributed by atoms with E-state index < -0.39 is 66.0 Å². The van der Waals surface area contributed by atoms with E-state index >= 15 is 0 Å². The van der Waals surface area contributed by atoms with E-state index in [-0.39, 0.29) is 28.7 Å². The number of aromatic hydroxyl groups is 2. The van der Waals surface area contributed by atoms with Gasteiger partial charge in [-0.05, 0) is 75.3 Å². The zero-order valence-electron chi connectivity index (χ0n) is 29.3. The Hall–Kier alpha value is -4.94. The summed E-state index contributed by atoms with van der Waals surface area (Å²) in [6, 6.07) is 10.1. The van der Waals surface area contributed by atoms with Gasteiger partial charge in [-0.1, -0.05) is 79.8 Å². The van der Waals surface area contributed by atoms with Crippen LogP contribution in [0.5, 0.6) is 17.2 Å². The van der Waals surface area contributed by atoms with Crippen molar-refractivity contribution in [2.75, 3.05) is 6.61 Å². The average molecular weight is 717 g/mol. The van der Waals surface area contributed by atoms with Crippen LogP contribution in [-0.2, 0) is 14.3 Å². The number of rotatable bonds is 18. The van der Waals surface area contributed by atoms with Crippen molar-refractivity contribution in [1.29, 1.82) is 0 Å². The second kappa shape index (κ2) is 20.8. The standard InChI is InChI=1S/C41H48O11/c1-2-3-4-5-6-7-8-9-10-11-12-13-14-15-16-17-18-23-34(44)49-27-33-36(46)37(47)38(48)41(51-33)52-40-35(45)29-21-19-20-22-32(29)50-39(40)28-24-25-30(42)31(43)26-28/h3-4,6-7,9-10,12-13,15-16,19-22,24-26,33,36-38,41-43,46-48H,2,5,8,11,14,17-18,23,27H2,1H3/b4-3-,7-6-,10-9-,13-12-,16-15-/t33-,36-,37+,38-,41+/m1/s1. The number of fused-ring (bicyclic) bond motifs is 1. The van der Waals surface area contributed by atoms with Gasteiger partial charge in [-0.2, -0.15) is 0 Å². The molecule has 5 N–H and O–H groups in total. The van der Waals surface area contributed by atoms with Gasteiger partial charge in [0.1, 0.15) is 36.6 Å². The highest BCUT2D eigenvalue weighted by molar-refractivity contribution is 5.82. The number of benzene rings is 2. The Bertz CT molecular complexity index is 1800. The van der Waals surface area contributed by atoms with Crippen LogP contribution in [0.4, 0.5) is 0 Å². The highest BCUT2D eigenvalue weighted by Crippen LogP contribution is 2.37. The number of carbonyl (C=O) groups is 1. The SMILES string of the molecule is CC/C=C\C/C=C\C/C=C\C/C=C\C/C=C\CCCC(=O)OC[C@H]1O[C@@H](Oc2c(-c3ccc(O)c(O)c3)oc3ccccc3c2=O)[C@H](O)[C@@H](O)[C@@H]1O. The highest BCUT2D eigenvalue weighted by atomic mass is 16.7. The van der Waals surface area contributed by atoms with Crippen molar-refractivity contribution in [1.82, 2.24) is 0 Å². The van der Waals surface area contributed by atoms with Crippen LogP contribution in [0.3, 0.4) is 0 Å². The lowest BCUT2D eigenvalue weighted by Gasteiger charge is -2.39. The Morgan fingerprint density at radius 2 is 1.42 bits per heavy atom. The predicted octanol–water partition coefficient (Wildman–Crippen LogP) is 6.52. The van der Waals surface area contributed by atoms with Crippen LogP contribution in [0, 0.1) is 0 Å². The monoisotopic (exact) mass is 716 g/mol. The first kappa shape index (κ1) is 39.8. The van der Waals surface area contributed by atoms with Crippen molar-refractivity contribution < 1.29 is 49.0 Å². The predicted molar refractivity (Wildman–Crippen MR) is 198 cm³/mol. The maximum atomic E-state index is 13.6. The third-order valence-corrected chi connectivity index (χ3v) is 8.21. The Morgan fingerprint density at radius 3 is 2.08 bits per heavy atom. The van der Waals surface area contributed by atoms with E-state index in [2.05, 4.69) is 55.5 Å². The molecular weight excluding hydrogens is 668 g/mol. The molecule has 1 aromatic heterocycles. The summed E-state index contributed by atoms with van der Waals surface area (Å²) in [7, 11) is 0. The Balaban J connectivity index is 1.26. The van der Waals surface area contributed by atoms with Crippen LogP contribution >= 0.6 is 0 Å².